The van der Waals surface area contributed by atoms with E-state index in [-0.39, 0.29) is 12.8 Å². The number of nitrogens with one attached hydrogen (secondary N) is 1. The van der Waals surface area contributed by atoms with E-state index in [0.717, 1.165) is 0 Å². The molecular weight excluding hydrogens is 264 g/mol. The molecule has 0 saturated heterocycles. The minimum atomic E-state index is -1.21. The van der Waals surface area contributed by atoms with Gasteiger partial charge in [-0.3, -0.25) is 14.3 Å². The Kier molecular flexibility index (Phi) is 5.24. The molecule has 8 nitrogen and oxygen atoms in total. The van der Waals surface area contributed by atoms with E-state index < -0.39 is 23.8 Å². The van der Waals surface area contributed by atoms with Gasteiger partial charge in [0.15, 0.2) is 0 Å². The number of aryl methyl sites for hydroxylation is 2. The van der Waals surface area contributed by atoms with Gasteiger partial charge < -0.3 is 16.2 Å². The van der Waals surface area contributed by atoms with Gasteiger partial charge in [-0.25, -0.2) is 4.79 Å². The SMILES string of the molecule is CCc1nn(C)cc1C(=O)N[C@@H](CCC(N)=O)C(=O)O. The van der Waals surface area contributed by atoms with Crippen LogP contribution in [0.2, 0.25) is 0 Å². The van der Waals surface area contributed by atoms with Crippen molar-refractivity contribution >= 4 is 17.8 Å². The lowest BCUT2D eigenvalue weighted by Crippen LogP contribution is -2.41. The standard InChI is InChI=1S/C12H18N4O4/c1-3-8-7(6-16(2)15-8)11(18)14-9(12(19)20)4-5-10(13)17/h6,9H,3-5H2,1-2H3,(H2,13,17)(H,14,18)(H,19,20)/t9-/m0/s1. The first-order valence-electron chi connectivity index (χ1n) is 6.19. The summed E-state index contributed by atoms with van der Waals surface area (Å²) in [5.74, 6) is -2.34. The number of carboxylic acid groups (broad SMARTS) is 1. The van der Waals surface area contributed by atoms with Gasteiger partial charge in [-0.05, 0) is 12.8 Å². The average molecular weight is 282 g/mol. The molecule has 0 bridgehead atoms. The highest BCUT2D eigenvalue weighted by Crippen LogP contribution is 2.08. The highest BCUT2D eigenvalue weighted by molar-refractivity contribution is 5.97. The third-order valence-corrected chi connectivity index (χ3v) is 2.77. The molecule has 1 rings (SSSR count). The summed E-state index contributed by atoms with van der Waals surface area (Å²) in [6, 6.07) is -1.15. The zero-order valence-corrected chi connectivity index (χ0v) is 11.4. The zero-order valence-electron chi connectivity index (χ0n) is 11.4. The van der Waals surface area contributed by atoms with Crippen molar-refractivity contribution in [2.45, 2.75) is 32.2 Å². The van der Waals surface area contributed by atoms with Crippen molar-refractivity contribution < 1.29 is 19.5 Å². The van der Waals surface area contributed by atoms with Gasteiger partial charge in [-0.2, -0.15) is 5.10 Å². The molecule has 0 unspecified atom stereocenters. The second kappa shape index (κ2) is 6.69. The predicted molar refractivity (Wildman–Crippen MR) is 69.9 cm³/mol. The van der Waals surface area contributed by atoms with Gasteiger partial charge in [0.2, 0.25) is 5.91 Å². The lowest BCUT2D eigenvalue weighted by Gasteiger charge is -2.13. The van der Waals surface area contributed by atoms with Crippen molar-refractivity contribution in [3.8, 4) is 0 Å². The fraction of sp³-hybridized carbons (Fsp3) is 0.500. The number of primary amides is 1. The average Bonchev–Trinajstić information content (AvgIpc) is 2.74. The summed E-state index contributed by atoms with van der Waals surface area (Å²) >= 11 is 0. The quantitative estimate of drug-likeness (QED) is 0.617. The van der Waals surface area contributed by atoms with Crippen molar-refractivity contribution in [1.29, 1.82) is 0 Å². The molecule has 2 amide bonds. The number of aromatic nitrogens is 2. The van der Waals surface area contributed by atoms with Crippen LogP contribution in [-0.4, -0.2) is 38.7 Å². The van der Waals surface area contributed by atoms with Crippen LogP contribution in [0, 0.1) is 0 Å². The summed E-state index contributed by atoms with van der Waals surface area (Å²) in [5, 5.41) is 15.5. The molecule has 1 atom stereocenters. The van der Waals surface area contributed by atoms with E-state index in [9.17, 15) is 14.4 Å². The van der Waals surface area contributed by atoms with Crippen LogP contribution in [-0.2, 0) is 23.1 Å². The molecule has 20 heavy (non-hydrogen) atoms. The molecule has 4 N–H and O–H groups in total. The maximum absolute atomic E-state index is 12.1. The molecule has 0 aliphatic carbocycles. The number of nitrogens with zero attached hydrogens (tertiary/aromatic N) is 2. The Bertz CT molecular complexity index is 524. The van der Waals surface area contributed by atoms with E-state index in [1.165, 1.54) is 10.9 Å². The van der Waals surface area contributed by atoms with E-state index in [1.807, 2.05) is 6.92 Å². The number of carboxylic acids is 1. The Morgan fingerprint density at radius 3 is 2.65 bits per heavy atom. The van der Waals surface area contributed by atoms with Crippen molar-refractivity contribution in [2.24, 2.45) is 12.8 Å². The van der Waals surface area contributed by atoms with Gasteiger partial charge in [0, 0.05) is 19.7 Å². The summed E-state index contributed by atoms with van der Waals surface area (Å²) in [7, 11) is 1.68. The first kappa shape index (κ1) is 15.7. The molecule has 0 saturated carbocycles. The molecule has 1 aromatic heterocycles. The number of carbonyl (C=O) groups is 3. The highest BCUT2D eigenvalue weighted by Gasteiger charge is 2.23. The van der Waals surface area contributed by atoms with Gasteiger partial charge in [0.25, 0.3) is 5.91 Å². The number of rotatable bonds is 7. The third-order valence-electron chi connectivity index (χ3n) is 2.77. The largest absolute Gasteiger partial charge is 0.480 e. The normalized spacial score (nSPS) is 11.9. The van der Waals surface area contributed by atoms with Gasteiger partial charge in [-0.15, -0.1) is 0 Å². The van der Waals surface area contributed by atoms with Crippen LogP contribution in [0.4, 0.5) is 0 Å². The second-order valence-corrected chi connectivity index (χ2v) is 4.39. The van der Waals surface area contributed by atoms with Crippen LogP contribution in [0.1, 0.15) is 35.8 Å². The number of hydrogen-bond donors (Lipinski definition) is 3. The van der Waals surface area contributed by atoms with Gasteiger partial charge >= 0.3 is 5.97 Å². The Labute approximate surface area is 115 Å². The summed E-state index contributed by atoms with van der Waals surface area (Å²) in [6.07, 6.45) is 1.94. The van der Waals surface area contributed by atoms with Crippen molar-refractivity contribution in [2.75, 3.05) is 0 Å². The van der Waals surface area contributed by atoms with Crippen LogP contribution in [0.25, 0.3) is 0 Å². The summed E-state index contributed by atoms with van der Waals surface area (Å²) in [6.45, 7) is 1.85. The van der Waals surface area contributed by atoms with Crippen LogP contribution in [0.3, 0.4) is 0 Å². The first-order chi connectivity index (χ1) is 9.35. The molecule has 1 heterocycles. The van der Waals surface area contributed by atoms with Crippen LogP contribution >= 0.6 is 0 Å². The lowest BCUT2D eigenvalue weighted by atomic mass is 10.1. The Balaban J connectivity index is 2.79. The van der Waals surface area contributed by atoms with E-state index in [0.29, 0.717) is 17.7 Å². The van der Waals surface area contributed by atoms with E-state index in [2.05, 4.69) is 10.4 Å². The maximum atomic E-state index is 12.1. The first-order valence-corrected chi connectivity index (χ1v) is 6.19. The van der Waals surface area contributed by atoms with Gasteiger partial charge in [0.1, 0.15) is 6.04 Å². The highest BCUT2D eigenvalue weighted by atomic mass is 16.4. The van der Waals surface area contributed by atoms with Crippen LogP contribution < -0.4 is 11.1 Å². The molecule has 0 fully saturated rings. The number of aliphatic carboxylic acids is 1. The lowest BCUT2D eigenvalue weighted by molar-refractivity contribution is -0.139. The maximum Gasteiger partial charge on any atom is 0.326 e. The molecule has 0 aliphatic heterocycles. The predicted octanol–water partition coefficient (Wildman–Crippen LogP) is -0.569. The molecule has 0 aromatic carbocycles. The molecule has 0 spiro atoms. The monoisotopic (exact) mass is 282 g/mol. The minimum absolute atomic E-state index is 0.0435. The second-order valence-electron chi connectivity index (χ2n) is 4.39. The molecular formula is C12H18N4O4. The zero-order chi connectivity index (χ0) is 15.3. The van der Waals surface area contributed by atoms with Crippen molar-refractivity contribution in [3.63, 3.8) is 0 Å². The minimum Gasteiger partial charge on any atom is -0.480 e. The van der Waals surface area contributed by atoms with Crippen LogP contribution in [0.15, 0.2) is 6.20 Å². The fourth-order valence-corrected chi connectivity index (χ4v) is 1.77. The van der Waals surface area contributed by atoms with Crippen LogP contribution in [0.5, 0.6) is 0 Å². The number of hydrogen-bond acceptors (Lipinski definition) is 4. The van der Waals surface area contributed by atoms with Crippen molar-refractivity contribution in [1.82, 2.24) is 15.1 Å². The van der Waals surface area contributed by atoms with Gasteiger partial charge in [0.05, 0.1) is 11.3 Å². The third kappa shape index (κ3) is 4.08. The van der Waals surface area contributed by atoms with Crippen molar-refractivity contribution in [3.05, 3.63) is 17.5 Å². The van der Waals surface area contributed by atoms with E-state index >= 15 is 0 Å². The Morgan fingerprint density at radius 1 is 1.50 bits per heavy atom. The van der Waals surface area contributed by atoms with E-state index in [4.69, 9.17) is 10.8 Å². The van der Waals surface area contributed by atoms with Gasteiger partial charge in [-0.1, -0.05) is 6.92 Å². The molecule has 110 valence electrons. The summed E-state index contributed by atoms with van der Waals surface area (Å²) in [5.41, 5.74) is 5.89. The number of carbonyl (C=O) groups excluding carboxylic acids is 2. The Hall–Kier alpha value is -2.38. The Morgan fingerprint density at radius 2 is 2.15 bits per heavy atom. The number of nitrogens with two attached hydrogens (primary N) is 1. The molecule has 0 aliphatic rings. The molecule has 1 aromatic rings. The molecule has 8 heteroatoms. The number of amides is 2. The fourth-order valence-electron chi connectivity index (χ4n) is 1.77. The van der Waals surface area contributed by atoms with E-state index in [1.54, 1.807) is 7.05 Å². The topological polar surface area (TPSA) is 127 Å². The smallest absolute Gasteiger partial charge is 0.326 e. The summed E-state index contributed by atoms with van der Waals surface area (Å²) in [4.78, 5) is 33.8. The summed E-state index contributed by atoms with van der Waals surface area (Å²) < 4.78 is 1.49. The molecule has 0 radical (unpaired) electrons.